The first-order valence-corrected chi connectivity index (χ1v) is 16.8. The van der Waals surface area contributed by atoms with Crippen molar-refractivity contribution in [2.45, 2.75) is 50.7 Å². The maximum Gasteiger partial charge on any atom is 0.264 e. The molecule has 0 radical (unpaired) electrons. The van der Waals surface area contributed by atoms with Gasteiger partial charge in [-0.1, -0.05) is 82.8 Å². The number of aryl methyl sites for hydroxylation is 1. The summed E-state index contributed by atoms with van der Waals surface area (Å²) < 4.78 is 0. The van der Waals surface area contributed by atoms with Crippen molar-refractivity contribution in [3.8, 4) is 0 Å². The third-order valence-corrected chi connectivity index (χ3v) is 10.2. The molecule has 7 rings (SSSR count). The van der Waals surface area contributed by atoms with Gasteiger partial charge in [-0.2, -0.15) is 10.2 Å². The third-order valence-electron chi connectivity index (χ3n) is 9.09. The maximum atomic E-state index is 14.2. The first-order valence-electron chi connectivity index (χ1n) is 15.3. The first-order chi connectivity index (χ1) is 22.6. The van der Waals surface area contributed by atoms with Crippen LogP contribution in [0, 0.1) is 5.92 Å². The zero-order valence-electron chi connectivity index (χ0n) is 25.1. The van der Waals surface area contributed by atoms with Crippen molar-refractivity contribution >= 4 is 81.6 Å². The number of benzene rings is 3. The van der Waals surface area contributed by atoms with Crippen LogP contribution in [-0.4, -0.2) is 52.1 Å². The maximum absolute atomic E-state index is 14.2. The third kappa shape index (κ3) is 5.73. The molecule has 0 unspecified atom stereocenters. The Balaban J connectivity index is 1.20. The van der Waals surface area contributed by atoms with Crippen LogP contribution in [0.5, 0.6) is 0 Å². The lowest BCUT2D eigenvalue weighted by atomic mass is 9.77. The smallest absolute Gasteiger partial charge is 0.264 e. The number of halogens is 4. The quantitative estimate of drug-likeness (QED) is 0.243. The molecule has 13 heteroatoms. The van der Waals surface area contributed by atoms with Gasteiger partial charge in [0.2, 0.25) is 0 Å². The summed E-state index contributed by atoms with van der Waals surface area (Å²) in [6.07, 6.45) is 5.19. The van der Waals surface area contributed by atoms with Crippen LogP contribution >= 0.6 is 46.4 Å². The number of imide groups is 1. The van der Waals surface area contributed by atoms with Gasteiger partial charge in [0.15, 0.2) is 12.1 Å². The summed E-state index contributed by atoms with van der Waals surface area (Å²) >= 11 is 25.6. The number of fused-ring (bicyclic) bond motifs is 2. The van der Waals surface area contributed by atoms with Crippen LogP contribution in [0.4, 0.5) is 5.69 Å². The van der Waals surface area contributed by atoms with E-state index < -0.39 is 35.8 Å². The van der Waals surface area contributed by atoms with Crippen LogP contribution in [0.3, 0.4) is 0 Å². The minimum absolute atomic E-state index is 0.159. The molecule has 9 nitrogen and oxygen atoms in total. The van der Waals surface area contributed by atoms with E-state index in [1.54, 1.807) is 36.4 Å². The molecule has 0 spiro atoms. The molecule has 240 valence electrons. The number of amides is 3. The average Bonchev–Trinajstić information content (AvgIpc) is 3.72. The Morgan fingerprint density at radius 3 is 2.34 bits per heavy atom. The van der Waals surface area contributed by atoms with E-state index >= 15 is 0 Å². The van der Waals surface area contributed by atoms with Gasteiger partial charge in [-0.3, -0.25) is 19.4 Å². The van der Waals surface area contributed by atoms with Gasteiger partial charge in [0.05, 0.1) is 17.4 Å². The first kappa shape index (κ1) is 31.8. The second-order valence-electron chi connectivity index (χ2n) is 11.9. The number of rotatable bonds is 6. The molecule has 2 fully saturated rings. The Kier molecular flexibility index (Phi) is 8.59. The molecule has 3 heterocycles. The van der Waals surface area contributed by atoms with Crippen molar-refractivity contribution in [1.82, 2.24) is 10.0 Å². The summed E-state index contributed by atoms with van der Waals surface area (Å²) in [5.74, 6) is -1.53. The number of carbonyl (C=O) groups is 3. The monoisotopic (exact) mass is 708 g/mol. The largest absolute Gasteiger partial charge is 0.271 e. The van der Waals surface area contributed by atoms with Crippen LogP contribution in [0.25, 0.3) is 6.08 Å². The Hall–Kier alpha value is -3.76. The summed E-state index contributed by atoms with van der Waals surface area (Å²) in [4.78, 5) is 42.3. The molecule has 4 atom stereocenters. The van der Waals surface area contributed by atoms with E-state index in [9.17, 15) is 14.4 Å². The average molecular weight is 710 g/mol. The van der Waals surface area contributed by atoms with Crippen LogP contribution in [0.2, 0.25) is 20.1 Å². The fourth-order valence-electron chi connectivity index (χ4n) is 6.76. The van der Waals surface area contributed by atoms with Crippen molar-refractivity contribution in [1.29, 1.82) is 0 Å². The Morgan fingerprint density at radius 1 is 0.915 bits per heavy atom. The van der Waals surface area contributed by atoms with E-state index in [0.717, 1.165) is 53.0 Å². The number of allylic oxidation sites excluding steroid dienone is 1. The van der Waals surface area contributed by atoms with Crippen LogP contribution in [-0.2, 0) is 20.8 Å². The van der Waals surface area contributed by atoms with E-state index in [0.29, 0.717) is 31.3 Å². The molecular formula is C34H28Cl4N6O3. The molecule has 3 aromatic rings. The van der Waals surface area contributed by atoms with Gasteiger partial charge in [-0.05, 0) is 90.4 Å². The number of hydrogen-bond acceptors (Lipinski definition) is 7. The summed E-state index contributed by atoms with van der Waals surface area (Å²) in [5.41, 5.74) is 4.76. The standard InChI is InChI=1S/C34H28Cl4N6O3/c1-2-18-6-11-23(12-7-18)43-33(46)30-32(34(43)47)42(41-39-30)17-28(45)44-31(24-13-10-22(36)16-27(24)38)25-5-3-4-20(29(25)40-44)14-19-8-9-21(35)15-26(19)37/h6-16,25,30-32H,2-5,17H2,1H3/b20-14+/t25-,30+,31+,32+/m0/s1. The Labute approximate surface area is 291 Å². The molecule has 3 aliphatic heterocycles. The molecule has 1 saturated heterocycles. The highest BCUT2D eigenvalue weighted by Crippen LogP contribution is 2.47. The molecule has 0 N–H and O–H groups in total. The lowest BCUT2D eigenvalue weighted by Gasteiger charge is -2.31. The van der Waals surface area contributed by atoms with Gasteiger partial charge in [0.1, 0.15) is 6.54 Å². The highest BCUT2D eigenvalue weighted by Gasteiger charge is 2.55. The van der Waals surface area contributed by atoms with Crippen LogP contribution in [0.1, 0.15) is 48.9 Å². The SMILES string of the molecule is CCc1ccc(N2C(=O)[C@@H]3N=NN(CC(=O)N4N=C5/C(=C/c6ccc(Cl)cc6Cl)CCC[C@@H]5[C@H]4c4ccc(Cl)cc4Cl)[C@H]3C2=O)cc1. The van der Waals surface area contributed by atoms with E-state index in [-0.39, 0.29) is 12.5 Å². The van der Waals surface area contributed by atoms with Crippen molar-refractivity contribution in [2.75, 3.05) is 11.4 Å². The molecule has 1 saturated carbocycles. The Bertz CT molecular complexity index is 1890. The van der Waals surface area contributed by atoms with Gasteiger partial charge < -0.3 is 0 Å². The molecular weight excluding hydrogens is 682 g/mol. The zero-order valence-corrected chi connectivity index (χ0v) is 28.1. The zero-order chi connectivity index (χ0) is 33.0. The molecule has 3 aromatic carbocycles. The minimum Gasteiger partial charge on any atom is -0.271 e. The second-order valence-corrected chi connectivity index (χ2v) is 13.6. The van der Waals surface area contributed by atoms with Crippen LogP contribution < -0.4 is 4.90 Å². The van der Waals surface area contributed by atoms with Crippen molar-refractivity contribution in [2.24, 2.45) is 21.4 Å². The normalized spacial score (nSPS) is 24.3. The van der Waals surface area contributed by atoms with Crippen molar-refractivity contribution in [3.05, 3.63) is 103 Å². The predicted molar refractivity (Wildman–Crippen MR) is 183 cm³/mol. The molecule has 0 aromatic heterocycles. The van der Waals surface area contributed by atoms with E-state index in [1.165, 1.54) is 10.0 Å². The fourth-order valence-corrected chi connectivity index (χ4v) is 7.75. The van der Waals surface area contributed by atoms with Gasteiger partial charge in [0, 0.05) is 26.0 Å². The van der Waals surface area contributed by atoms with Gasteiger partial charge >= 0.3 is 0 Å². The lowest BCUT2D eigenvalue weighted by molar-refractivity contribution is -0.136. The molecule has 0 bridgehead atoms. The van der Waals surface area contributed by atoms with Crippen molar-refractivity contribution in [3.63, 3.8) is 0 Å². The minimum atomic E-state index is -1.03. The molecule has 1 aliphatic carbocycles. The summed E-state index contributed by atoms with van der Waals surface area (Å²) in [7, 11) is 0. The van der Waals surface area contributed by atoms with E-state index in [1.807, 2.05) is 37.3 Å². The van der Waals surface area contributed by atoms with Crippen LogP contribution in [0.15, 0.2) is 81.7 Å². The molecule has 47 heavy (non-hydrogen) atoms. The second kappa shape index (κ2) is 12.7. The van der Waals surface area contributed by atoms with E-state index in [2.05, 4.69) is 10.3 Å². The topological polar surface area (TPSA) is 98.0 Å². The number of nitrogens with zero attached hydrogens (tertiary/aromatic N) is 6. The molecule has 4 aliphatic rings. The van der Waals surface area contributed by atoms with Gasteiger partial charge in [-0.15, -0.1) is 0 Å². The van der Waals surface area contributed by atoms with Gasteiger partial charge in [0.25, 0.3) is 17.7 Å². The summed E-state index contributed by atoms with van der Waals surface area (Å²) in [5, 5.41) is 17.8. The Morgan fingerprint density at radius 2 is 1.64 bits per heavy atom. The number of hydrogen-bond donors (Lipinski definition) is 0. The van der Waals surface area contributed by atoms with Gasteiger partial charge in [-0.25, -0.2) is 9.91 Å². The summed E-state index contributed by atoms with van der Waals surface area (Å²) in [6.45, 7) is 1.71. The summed E-state index contributed by atoms with van der Waals surface area (Å²) in [6, 6.07) is 15.2. The highest BCUT2D eigenvalue weighted by atomic mass is 35.5. The number of anilines is 1. The highest BCUT2D eigenvalue weighted by molar-refractivity contribution is 6.36. The lowest BCUT2D eigenvalue weighted by Crippen LogP contribution is -2.45. The fraction of sp³-hybridized carbons (Fsp3) is 0.294. The van der Waals surface area contributed by atoms with Crippen molar-refractivity contribution < 1.29 is 14.4 Å². The number of hydrazone groups is 1. The molecule has 3 amide bonds. The number of carbonyl (C=O) groups excluding carboxylic acids is 3. The predicted octanol–water partition coefficient (Wildman–Crippen LogP) is 7.98. The van der Waals surface area contributed by atoms with E-state index in [4.69, 9.17) is 51.5 Å².